The molecule has 0 unspecified atom stereocenters. The molecule has 0 saturated carbocycles. The third-order valence-electron chi connectivity index (χ3n) is 2.63. The molecule has 7 heteroatoms. The van der Waals surface area contributed by atoms with Crippen LogP contribution in [0.4, 0.5) is 17.1 Å². The van der Waals surface area contributed by atoms with E-state index in [0.29, 0.717) is 16.5 Å². The number of rotatable bonds is 5. The molecule has 0 atom stereocenters. The molecule has 0 radical (unpaired) electrons. The Morgan fingerprint density at radius 2 is 1.57 bits per heavy atom. The Hall–Kier alpha value is -1.92. The van der Waals surface area contributed by atoms with Gasteiger partial charge >= 0.3 is 0 Å². The molecular weight excluding hydrogens is 312 g/mol. The summed E-state index contributed by atoms with van der Waals surface area (Å²) in [5, 5.41) is 3.68. The minimum atomic E-state index is -3.26. The van der Waals surface area contributed by atoms with Crippen molar-refractivity contribution in [2.45, 2.75) is 0 Å². The van der Waals surface area contributed by atoms with Crippen molar-refractivity contribution < 1.29 is 13.2 Å². The highest BCUT2D eigenvalue weighted by Gasteiger charge is 2.04. The van der Waals surface area contributed by atoms with Crippen molar-refractivity contribution in [3.63, 3.8) is 0 Å². The summed E-state index contributed by atoms with van der Waals surface area (Å²) in [6, 6.07) is 12.3. The number of nitrogens with one attached hydrogen (secondary N) is 2. The van der Waals surface area contributed by atoms with E-state index in [1.807, 2.05) is 6.07 Å². The van der Waals surface area contributed by atoms with Crippen molar-refractivity contribution in [1.29, 1.82) is 0 Å². The van der Waals surface area contributed by atoms with Crippen LogP contribution in [-0.2, 0) is 10.0 Å². The van der Waals surface area contributed by atoms with E-state index < -0.39 is 10.0 Å². The number of hydrogen-bond donors (Lipinski definition) is 2. The summed E-state index contributed by atoms with van der Waals surface area (Å²) >= 11 is 6.05. The van der Waals surface area contributed by atoms with Crippen LogP contribution in [0, 0.1) is 0 Å². The third kappa shape index (κ3) is 4.54. The van der Waals surface area contributed by atoms with E-state index in [-0.39, 0.29) is 0 Å². The lowest BCUT2D eigenvalue weighted by atomic mass is 10.2. The fourth-order valence-electron chi connectivity index (χ4n) is 1.75. The van der Waals surface area contributed by atoms with Crippen LogP contribution in [0.25, 0.3) is 0 Å². The molecule has 0 heterocycles. The lowest BCUT2D eigenvalue weighted by Crippen LogP contribution is -2.09. The minimum Gasteiger partial charge on any atom is -0.495 e. The van der Waals surface area contributed by atoms with E-state index >= 15 is 0 Å². The second-order valence-corrected chi connectivity index (χ2v) is 6.58. The third-order valence-corrected chi connectivity index (χ3v) is 3.53. The molecule has 2 rings (SSSR count). The molecule has 2 aromatic rings. The standard InChI is InChI=1S/C14H15ClN2O3S/c1-20-14-8-7-12(9-13(14)15)16-10-3-5-11(6-4-10)17-21(2,18)19/h3-9,16-17H,1-2H3. The zero-order valence-corrected chi connectivity index (χ0v) is 13.1. The topological polar surface area (TPSA) is 67.4 Å². The average molecular weight is 327 g/mol. The van der Waals surface area contributed by atoms with Gasteiger partial charge in [-0.15, -0.1) is 0 Å². The Labute approximate surface area is 128 Å². The summed E-state index contributed by atoms with van der Waals surface area (Å²) in [7, 11) is -1.71. The van der Waals surface area contributed by atoms with Crippen LogP contribution in [0.2, 0.25) is 5.02 Å². The number of anilines is 3. The van der Waals surface area contributed by atoms with Gasteiger partial charge in [0.1, 0.15) is 5.75 Å². The van der Waals surface area contributed by atoms with Crippen molar-refractivity contribution in [3.8, 4) is 5.75 Å². The van der Waals surface area contributed by atoms with Gasteiger partial charge in [-0.05, 0) is 42.5 Å². The molecule has 0 aliphatic rings. The zero-order valence-electron chi connectivity index (χ0n) is 11.6. The molecule has 0 spiro atoms. The van der Waals surface area contributed by atoms with Gasteiger partial charge in [0.2, 0.25) is 10.0 Å². The molecule has 0 aliphatic heterocycles. The van der Waals surface area contributed by atoms with Crippen LogP contribution in [0.15, 0.2) is 42.5 Å². The maximum atomic E-state index is 11.1. The highest BCUT2D eigenvalue weighted by atomic mass is 35.5. The quantitative estimate of drug-likeness (QED) is 0.883. The molecular formula is C14H15ClN2O3S. The van der Waals surface area contributed by atoms with Crippen molar-refractivity contribution in [1.82, 2.24) is 0 Å². The number of benzene rings is 2. The number of methoxy groups -OCH3 is 1. The molecule has 0 fully saturated rings. The van der Waals surface area contributed by atoms with Crippen LogP contribution in [0.5, 0.6) is 5.75 Å². The highest BCUT2D eigenvalue weighted by molar-refractivity contribution is 7.92. The lowest BCUT2D eigenvalue weighted by Gasteiger charge is -2.10. The number of sulfonamides is 1. The number of hydrogen-bond acceptors (Lipinski definition) is 4. The van der Waals surface area contributed by atoms with Gasteiger partial charge in [0.05, 0.1) is 18.4 Å². The van der Waals surface area contributed by atoms with Crippen LogP contribution >= 0.6 is 11.6 Å². The second-order valence-electron chi connectivity index (χ2n) is 4.43. The van der Waals surface area contributed by atoms with Crippen molar-refractivity contribution in [3.05, 3.63) is 47.5 Å². The molecule has 5 nitrogen and oxygen atoms in total. The first-order chi connectivity index (χ1) is 9.87. The van der Waals surface area contributed by atoms with E-state index in [4.69, 9.17) is 16.3 Å². The molecule has 112 valence electrons. The van der Waals surface area contributed by atoms with Gasteiger partial charge in [-0.2, -0.15) is 0 Å². The van der Waals surface area contributed by atoms with Gasteiger partial charge in [-0.1, -0.05) is 11.6 Å². The SMILES string of the molecule is COc1ccc(Nc2ccc(NS(C)(=O)=O)cc2)cc1Cl. The smallest absolute Gasteiger partial charge is 0.229 e. The first-order valence-corrected chi connectivity index (χ1v) is 8.33. The van der Waals surface area contributed by atoms with Crippen LogP contribution < -0.4 is 14.8 Å². The van der Waals surface area contributed by atoms with Gasteiger partial charge in [0.15, 0.2) is 0 Å². The summed E-state index contributed by atoms with van der Waals surface area (Å²) in [6.07, 6.45) is 1.11. The molecule has 0 amide bonds. The minimum absolute atomic E-state index is 0.510. The zero-order chi connectivity index (χ0) is 15.5. The maximum absolute atomic E-state index is 11.1. The molecule has 0 aliphatic carbocycles. The second kappa shape index (κ2) is 6.24. The van der Waals surface area contributed by atoms with Gasteiger partial charge in [0, 0.05) is 17.1 Å². The van der Waals surface area contributed by atoms with Gasteiger partial charge in [-0.3, -0.25) is 4.72 Å². The van der Waals surface area contributed by atoms with E-state index in [1.54, 1.807) is 43.5 Å². The fourth-order valence-corrected chi connectivity index (χ4v) is 2.57. The van der Waals surface area contributed by atoms with Crippen LogP contribution in [0.3, 0.4) is 0 Å². The lowest BCUT2D eigenvalue weighted by molar-refractivity contribution is 0.415. The fraction of sp³-hybridized carbons (Fsp3) is 0.143. The van der Waals surface area contributed by atoms with Crippen LogP contribution in [0.1, 0.15) is 0 Å². The Bertz CT molecular complexity index is 730. The van der Waals surface area contributed by atoms with Crippen molar-refractivity contribution in [2.75, 3.05) is 23.4 Å². The van der Waals surface area contributed by atoms with E-state index in [0.717, 1.165) is 17.6 Å². The normalized spacial score (nSPS) is 11.0. The van der Waals surface area contributed by atoms with Gasteiger partial charge in [-0.25, -0.2) is 8.42 Å². The summed E-state index contributed by atoms with van der Waals surface area (Å²) < 4.78 is 29.7. The Morgan fingerprint density at radius 1 is 1.00 bits per heavy atom. The highest BCUT2D eigenvalue weighted by Crippen LogP contribution is 2.29. The monoisotopic (exact) mass is 326 g/mol. The largest absolute Gasteiger partial charge is 0.495 e. The van der Waals surface area contributed by atoms with Crippen molar-refractivity contribution >= 4 is 38.7 Å². The van der Waals surface area contributed by atoms with Gasteiger partial charge < -0.3 is 10.1 Å². The molecule has 0 bridgehead atoms. The van der Waals surface area contributed by atoms with Crippen molar-refractivity contribution in [2.24, 2.45) is 0 Å². The molecule has 2 aromatic carbocycles. The predicted octanol–water partition coefficient (Wildman–Crippen LogP) is 3.46. The summed E-state index contributed by atoms with van der Waals surface area (Å²) in [4.78, 5) is 0. The molecule has 0 saturated heterocycles. The summed E-state index contributed by atoms with van der Waals surface area (Å²) in [5.41, 5.74) is 2.13. The molecule has 0 aromatic heterocycles. The summed E-state index contributed by atoms with van der Waals surface area (Å²) in [5.74, 6) is 0.606. The maximum Gasteiger partial charge on any atom is 0.229 e. The summed E-state index contributed by atoms with van der Waals surface area (Å²) in [6.45, 7) is 0. The van der Waals surface area contributed by atoms with Crippen LogP contribution in [-0.4, -0.2) is 21.8 Å². The van der Waals surface area contributed by atoms with E-state index in [2.05, 4.69) is 10.0 Å². The number of ether oxygens (including phenoxy) is 1. The molecule has 21 heavy (non-hydrogen) atoms. The predicted molar refractivity (Wildman–Crippen MR) is 86.2 cm³/mol. The first-order valence-electron chi connectivity index (χ1n) is 6.06. The Morgan fingerprint density at radius 3 is 2.10 bits per heavy atom. The average Bonchev–Trinajstić information content (AvgIpc) is 2.40. The Kier molecular flexibility index (Phi) is 4.59. The first kappa shape index (κ1) is 15.5. The Balaban J connectivity index is 2.11. The van der Waals surface area contributed by atoms with E-state index in [9.17, 15) is 8.42 Å². The number of halogens is 1. The molecule has 2 N–H and O–H groups in total. The van der Waals surface area contributed by atoms with E-state index in [1.165, 1.54) is 0 Å². The van der Waals surface area contributed by atoms with Gasteiger partial charge in [0.25, 0.3) is 0 Å².